The zero-order valence-corrected chi connectivity index (χ0v) is 33.7. The molecule has 2 atom stereocenters. The molecule has 1 saturated carbocycles. The summed E-state index contributed by atoms with van der Waals surface area (Å²) in [5.74, 6) is 2.66. The molecule has 0 radical (unpaired) electrons. The van der Waals surface area contributed by atoms with Gasteiger partial charge in [0.1, 0.15) is 35.7 Å². The average molecular weight is 787 g/mol. The average Bonchev–Trinajstić information content (AvgIpc) is 3.83. The first kappa shape index (κ1) is 40.3. The lowest BCUT2D eigenvalue weighted by Gasteiger charge is -2.35. The standard InChI is InChI=1S/C47H51ClN4O5/c1-31-38(7-5-10-43(31)55-20-6-17-52-18-15-47(2,54)16-19-52)39-8-4-9-41-40(39)13-14-44(41)57-46-26-45(56-30-34-21-33(27-49)22-36(23-34)50-3)35(25-42(46)48)29-51-28-32-11-12-37(53)24-32/h4-5,7-10,21-23,25-26,32,44,51,54H,6,11-20,24,28-30H2,1-2H3/t32-,44+/m1/s1. The fourth-order valence-corrected chi connectivity index (χ4v) is 8.63. The quantitative estimate of drug-likeness (QED) is 0.0907. The Kier molecular flexibility index (Phi) is 12.8. The molecular weight excluding hydrogens is 736 g/mol. The predicted molar refractivity (Wildman–Crippen MR) is 222 cm³/mol. The summed E-state index contributed by atoms with van der Waals surface area (Å²) in [6, 6.07) is 23.6. The Hall–Kier alpha value is -4.90. The van der Waals surface area contributed by atoms with Gasteiger partial charge < -0.3 is 29.5 Å². The van der Waals surface area contributed by atoms with Crippen molar-refractivity contribution in [1.82, 2.24) is 10.2 Å². The minimum absolute atomic E-state index is 0.156. The molecule has 0 unspecified atom stereocenters. The fourth-order valence-electron chi connectivity index (χ4n) is 8.40. The molecule has 296 valence electrons. The van der Waals surface area contributed by atoms with E-state index < -0.39 is 5.60 Å². The number of ether oxygens (including phenoxy) is 3. The Labute approximate surface area is 341 Å². The van der Waals surface area contributed by atoms with E-state index >= 15 is 0 Å². The van der Waals surface area contributed by atoms with Gasteiger partial charge in [0, 0.05) is 56.2 Å². The molecule has 2 aliphatic carbocycles. The van der Waals surface area contributed by atoms with Crippen LogP contribution in [0.2, 0.25) is 5.02 Å². The van der Waals surface area contributed by atoms with Crippen molar-refractivity contribution in [2.45, 2.75) is 90.1 Å². The summed E-state index contributed by atoms with van der Waals surface area (Å²) in [6.45, 7) is 16.3. The van der Waals surface area contributed by atoms with Crippen molar-refractivity contribution in [3.63, 3.8) is 0 Å². The number of carbonyl (C=O) groups is 1. The van der Waals surface area contributed by atoms with Gasteiger partial charge in [-0.1, -0.05) is 41.9 Å². The van der Waals surface area contributed by atoms with Crippen molar-refractivity contribution in [2.75, 3.05) is 32.8 Å². The number of ketones is 1. The Bertz CT molecular complexity index is 2150. The van der Waals surface area contributed by atoms with Gasteiger partial charge in [-0.2, -0.15) is 5.26 Å². The number of halogens is 1. The number of benzene rings is 4. The molecule has 1 heterocycles. The van der Waals surface area contributed by atoms with Gasteiger partial charge in [-0.25, -0.2) is 4.85 Å². The number of Topliss-reactive ketones (excluding diaryl/α,β-unsaturated/α-hetero) is 1. The number of piperidine rings is 1. The van der Waals surface area contributed by atoms with E-state index in [4.69, 9.17) is 32.4 Å². The van der Waals surface area contributed by atoms with Gasteiger partial charge in [0.25, 0.3) is 0 Å². The Morgan fingerprint density at radius 1 is 1.02 bits per heavy atom. The summed E-state index contributed by atoms with van der Waals surface area (Å²) in [7, 11) is 0. The first-order chi connectivity index (χ1) is 27.6. The SMILES string of the molecule is [C-]#[N+]c1cc(C#N)cc(COc2cc(O[C@H]3CCc4c(-c5cccc(OCCCN6CCC(C)(O)CC6)c5C)cccc43)c(Cl)cc2CNC[C@@H]2CCC(=O)C2)c1. The minimum atomic E-state index is -0.539. The van der Waals surface area contributed by atoms with E-state index in [0.717, 1.165) is 98.3 Å². The van der Waals surface area contributed by atoms with Gasteiger partial charge in [0.2, 0.25) is 0 Å². The number of carbonyl (C=O) groups excluding carboxylic acids is 1. The molecule has 57 heavy (non-hydrogen) atoms. The molecule has 0 spiro atoms. The lowest BCUT2D eigenvalue weighted by molar-refractivity contribution is -0.117. The second-order valence-corrected chi connectivity index (χ2v) is 16.5. The van der Waals surface area contributed by atoms with Gasteiger partial charge in [0.05, 0.1) is 29.9 Å². The van der Waals surface area contributed by atoms with Gasteiger partial charge in [-0.05, 0) is 129 Å². The number of aliphatic hydroxyl groups is 1. The van der Waals surface area contributed by atoms with Gasteiger partial charge in [-0.3, -0.25) is 4.79 Å². The normalized spacial score (nSPS) is 18.8. The number of likely N-dealkylation sites (tertiary alicyclic amines) is 1. The maximum atomic E-state index is 11.8. The minimum Gasteiger partial charge on any atom is -0.493 e. The van der Waals surface area contributed by atoms with Crippen LogP contribution >= 0.6 is 11.6 Å². The highest BCUT2D eigenvalue weighted by atomic mass is 35.5. The first-order valence-corrected chi connectivity index (χ1v) is 20.5. The third-order valence-corrected chi connectivity index (χ3v) is 12.0. The van der Waals surface area contributed by atoms with E-state index in [-0.39, 0.29) is 12.7 Å². The summed E-state index contributed by atoms with van der Waals surface area (Å²) in [5, 5.41) is 23.8. The molecule has 2 N–H and O–H groups in total. The van der Waals surface area contributed by atoms with E-state index in [2.05, 4.69) is 58.4 Å². The van der Waals surface area contributed by atoms with Crippen molar-refractivity contribution in [1.29, 1.82) is 5.26 Å². The number of nitriles is 1. The van der Waals surface area contributed by atoms with E-state index in [0.29, 0.717) is 65.5 Å². The lowest BCUT2D eigenvalue weighted by Crippen LogP contribution is -2.42. The molecule has 0 aromatic heterocycles. The molecule has 4 aromatic rings. The van der Waals surface area contributed by atoms with E-state index in [1.807, 2.05) is 25.1 Å². The van der Waals surface area contributed by atoms with Crippen molar-refractivity contribution < 1.29 is 24.1 Å². The molecule has 9 nitrogen and oxygen atoms in total. The van der Waals surface area contributed by atoms with Crippen molar-refractivity contribution >= 4 is 23.1 Å². The molecular formula is C47H51ClN4O5. The number of rotatable bonds is 15. The van der Waals surface area contributed by atoms with Crippen LogP contribution in [-0.4, -0.2) is 54.2 Å². The molecule has 1 aliphatic heterocycles. The maximum absolute atomic E-state index is 11.8. The lowest BCUT2D eigenvalue weighted by atomic mass is 9.93. The summed E-state index contributed by atoms with van der Waals surface area (Å²) >= 11 is 6.95. The van der Waals surface area contributed by atoms with Crippen LogP contribution < -0.4 is 19.5 Å². The smallest absolute Gasteiger partial charge is 0.188 e. The topological polar surface area (TPSA) is 108 Å². The summed E-state index contributed by atoms with van der Waals surface area (Å²) < 4.78 is 19.5. The zero-order valence-electron chi connectivity index (χ0n) is 32.9. The fraction of sp³-hybridized carbons (Fsp3) is 0.426. The van der Waals surface area contributed by atoms with Crippen LogP contribution in [0.1, 0.15) is 91.4 Å². The predicted octanol–water partition coefficient (Wildman–Crippen LogP) is 9.46. The van der Waals surface area contributed by atoms with E-state index in [1.54, 1.807) is 18.2 Å². The van der Waals surface area contributed by atoms with Gasteiger partial charge in [-0.15, -0.1) is 0 Å². The second-order valence-electron chi connectivity index (χ2n) is 16.1. The van der Waals surface area contributed by atoms with Crippen LogP contribution in [-0.2, 0) is 24.4 Å². The Balaban J connectivity index is 1.06. The highest BCUT2D eigenvalue weighted by molar-refractivity contribution is 6.32. The number of nitrogens with one attached hydrogen (secondary N) is 1. The summed E-state index contributed by atoms with van der Waals surface area (Å²) in [5.41, 5.74) is 7.66. The van der Waals surface area contributed by atoms with Crippen LogP contribution in [0.3, 0.4) is 0 Å². The second kappa shape index (κ2) is 18.1. The number of hydrogen-bond acceptors (Lipinski definition) is 8. The van der Waals surface area contributed by atoms with Crippen molar-refractivity contribution in [3.8, 4) is 34.4 Å². The number of nitrogens with zero attached hydrogens (tertiary/aromatic N) is 3. The molecule has 2 fully saturated rings. The van der Waals surface area contributed by atoms with E-state index in [1.165, 1.54) is 11.1 Å². The summed E-state index contributed by atoms with van der Waals surface area (Å²) in [6.07, 6.45) is 6.15. The van der Waals surface area contributed by atoms with Gasteiger partial charge >= 0.3 is 0 Å². The Morgan fingerprint density at radius 2 is 1.82 bits per heavy atom. The largest absolute Gasteiger partial charge is 0.493 e. The maximum Gasteiger partial charge on any atom is 0.188 e. The molecule has 1 saturated heterocycles. The highest BCUT2D eigenvalue weighted by Gasteiger charge is 2.29. The third-order valence-electron chi connectivity index (χ3n) is 11.7. The molecule has 4 aromatic carbocycles. The highest BCUT2D eigenvalue weighted by Crippen LogP contribution is 2.44. The van der Waals surface area contributed by atoms with Crippen LogP contribution in [0.25, 0.3) is 16.0 Å². The number of hydrogen-bond donors (Lipinski definition) is 2. The summed E-state index contributed by atoms with van der Waals surface area (Å²) in [4.78, 5) is 17.8. The molecule has 10 heteroatoms. The number of fused-ring (bicyclic) bond motifs is 1. The van der Waals surface area contributed by atoms with Gasteiger partial charge in [0.15, 0.2) is 5.69 Å². The first-order valence-electron chi connectivity index (χ1n) is 20.1. The monoisotopic (exact) mass is 786 g/mol. The van der Waals surface area contributed by atoms with Crippen LogP contribution in [0.5, 0.6) is 17.2 Å². The van der Waals surface area contributed by atoms with E-state index in [9.17, 15) is 15.2 Å². The Morgan fingerprint density at radius 3 is 2.60 bits per heavy atom. The van der Waals surface area contributed by atoms with Crippen molar-refractivity contribution in [2.24, 2.45) is 5.92 Å². The molecule has 3 aliphatic rings. The van der Waals surface area contributed by atoms with Crippen LogP contribution in [0.4, 0.5) is 5.69 Å². The third kappa shape index (κ3) is 9.98. The molecule has 0 amide bonds. The van der Waals surface area contributed by atoms with Crippen LogP contribution in [0.15, 0.2) is 66.7 Å². The van der Waals surface area contributed by atoms with Crippen molar-refractivity contribution in [3.05, 3.63) is 117 Å². The van der Waals surface area contributed by atoms with Crippen LogP contribution in [0, 0.1) is 30.7 Å². The molecule has 0 bridgehead atoms. The molecule has 7 rings (SSSR count). The zero-order chi connectivity index (χ0) is 39.9.